The first-order valence-electron chi connectivity index (χ1n) is 5.46. The van der Waals surface area contributed by atoms with E-state index in [9.17, 15) is 9.18 Å². The summed E-state index contributed by atoms with van der Waals surface area (Å²) >= 11 is 9.21. The Balaban J connectivity index is 2.16. The third-order valence-electron chi connectivity index (χ3n) is 2.87. The van der Waals surface area contributed by atoms with Crippen molar-refractivity contribution in [3.05, 3.63) is 34.1 Å². The van der Waals surface area contributed by atoms with Crippen LogP contribution < -0.4 is 0 Å². The third kappa shape index (κ3) is 2.99. The van der Waals surface area contributed by atoms with Crippen LogP contribution in [0.3, 0.4) is 0 Å². The number of hydrogen-bond donors (Lipinski definition) is 0. The zero-order valence-corrected chi connectivity index (χ0v) is 11.5. The normalized spacial score (nSPS) is 17.2. The molecule has 0 N–H and O–H groups in total. The molecule has 1 heterocycles. The summed E-state index contributed by atoms with van der Waals surface area (Å²) < 4.78 is 14.3. The zero-order valence-electron chi connectivity index (χ0n) is 9.13. The number of alkyl halides is 1. The lowest BCUT2D eigenvalue weighted by atomic mass is 10.1. The van der Waals surface area contributed by atoms with E-state index >= 15 is 0 Å². The summed E-state index contributed by atoms with van der Waals surface area (Å²) in [5.41, 5.74) is 0.118. The fraction of sp³-hybridized carbons (Fsp3) is 0.417. The van der Waals surface area contributed by atoms with E-state index in [2.05, 4.69) is 15.9 Å². The van der Waals surface area contributed by atoms with Crippen LogP contribution in [0, 0.1) is 5.82 Å². The first kappa shape index (κ1) is 12.8. The Labute approximate surface area is 113 Å². The van der Waals surface area contributed by atoms with Gasteiger partial charge in [-0.1, -0.05) is 15.9 Å². The van der Waals surface area contributed by atoms with Crippen molar-refractivity contribution in [2.75, 3.05) is 13.1 Å². The van der Waals surface area contributed by atoms with Gasteiger partial charge in [0.25, 0.3) is 5.91 Å². The van der Waals surface area contributed by atoms with Gasteiger partial charge >= 0.3 is 0 Å². The van der Waals surface area contributed by atoms with Crippen LogP contribution in [0.5, 0.6) is 0 Å². The summed E-state index contributed by atoms with van der Waals surface area (Å²) in [6, 6.07) is 4.40. The number of carbonyl (C=O) groups is 1. The van der Waals surface area contributed by atoms with Crippen LogP contribution >= 0.6 is 27.5 Å². The molecule has 1 fully saturated rings. The Morgan fingerprint density at radius 2 is 2.06 bits per heavy atom. The number of hydrogen-bond acceptors (Lipinski definition) is 1. The molecule has 5 heteroatoms. The van der Waals surface area contributed by atoms with E-state index in [1.165, 1.54) is 12.1 Å². The second-order valence-corrected chi connectivity index (χ2v) is 5.62. The highest BCUT2D eigenvalue weighted by atomic mass is 79.9. The number of benzene rings is 1. The molecule has 1 aliphatic heterocycles. The fourth-order valence-corrected chi connectivity index (χ4v) is 2.44. The van der Waals surface area contributed by atoms with Crippen molar-refractivity contribution < 1.29 is 9.18 Å². The van der Waals surface area contributed by atoms with Gasteiger partial charge in [-0.15, -0.1) is 11.6 Å². The lowest BCUT2D eigenvalue weighted by Crippen LogP contribution is -2.39. The molecule has 1 aliphatic rings. The van der Waals surface area contributed by atoms with Crippen molar-refractivity contribution in [3.63, 3.8) is 0 Å². The van der Waals surface area contributed by atoms with E-state index < -0.39 is 5.82 Å². The first-order valence-corrected chi connectivity index (χ1v) is 6.69. The van der Waals surface area contributed by atoms with Gasteiger partial charge in [0.15, 0.2) is 0 Å². The minimum atomic E-state index is -0.480. The maximum absolute atomic E-state index is 13.6. The monoisotopic (exact) mass is 319 g/mol. The summed E-state index contributed by atoms with van der Waals surface area (Å²) in [5.74, 6) is -0.737. The number of halogens is 3. The summed E-state index contributed by atoms with van der Waals surface area (Å²) in [6.07, 6.45) is 1.53. The Bertz CT molecular complexity index is 433. The van der Waals surface area contributed by atoms with E-state index in [-0.39, 0.29) is 16.8 Å². The predicted octanol–water partition coefficient (Wildman–Crippen LogP) is 3.43. The Morgan fingerprint density at radius 1 is 1.41 bits per heavy atom. The molecule has 17 heavy (non-hydrogen) atoms. The van der Waals surface area contributed by atoms with Crippen LogP contribution in [0.1, 0.15) is 23.2 Å². The number of rotatable bonds is 1. The Kier molecular flexibility index (Phi) is 4.05. The summed E-state index contributed by atoms with van der Waals surface area (Å²) in [7, 11) is 0. The minimum Gasteiger partial charge on any atom is -0.338 e. The van der Waals surface area contributed by atoms with Gasteiger partial charge in [-0.3, -0.25) is 4.79 Å². The number of likely N-dealkylation sites (tertiary alicyclic amines) is 1. The van der Waals surface area contributed by atoms with E-state index in [0.717, 1.165) is 12.8 Å². The Morgan fingerprint density at radius 3 is 2.71 bits per heavy atom. The summed E-state index contributed by atoms with van der Waals surface area (Å²) in [4.78, 5) is 13.8. The molecular formula is C12H12BrClFNO. The van der Waals surface area contributed by atoms with Gasteiger partial charge in [-0.25, -0.2) is 4.39 Å². The maximum Gasteiger partial charge on any atom is 0.256 e. The maximum atomic E-state index is 13.6. The summed E-state index contributed by atoms with van der Waals surface area (Å²) in [5, 5.41) is 0.131. The quantitative estimate of drug-likeness (QED) is 0.726. The van der Waals surface area contributed by atoms with E-state index in [0.29, 0.717) is 17.6 Å². The van der Waals surface area contributed by atoms with Gasteiger partial charge < -0.3 is 4.90 Å². The topological polar surface area (TPSA) is 20.3 Å². The van der Waals surface area contributed by atoms with Gasteiger partial charge in [0.1, 0.15) is 5.82 Å². The smallest absolute Gasteiger partial charge is 0.256 e. The molecule has 1 aromatic rings. The molecule has 1 amide bonds. The molecule has 0 spiro atoms. The predicted molar refractivity (Wildman–Crippen MR) is 68.9 cm³/mol. The van der Waals surface area contributed by atoms with Crippen LogP contribution in [0.25, 0.3) is 0 Å². The van der Waals surface area contributed by atoms with Crippen molar-refractivity contribution in [2.24, 2.45) is 0 Å². The summed E-state index contributed by atoms with van der Waals surface area (Å²) in [6.45, 7) is 1.19. The average Bonchev–Trinajstić information content (AvgIpc) is 2.32. The first-order chi connectivity index (χ1) is 8.08. The van der Waals surface area contributed by atoms with Gasteiger partial charge in [0.05, 0.1) is 5.56 Å². The molecule has 0 atom stereocenters. The molecule has 2 rings (SSSR count). The fourth-order valence-electron chi connectivity index (χ4n) is 1.88. The standard InChI is InChI=1S/C12H12BrClFNO/c13-8-1-2-11(15)10(7-8)12(17)16-5-3-9(14)4-6-16/h1-2,7,9H,3-6H2. The molecule has 0 bridgehead atoms. The van der Waals surface area contributed by atoms with Crippen molar-refractivity contribution in [3.8, 4) is 0 Å². The number of amides is 1. The lowest BCUT2D eigenvalue weighted by molar-refractivity contribution is 0.0721. The highest BCUT2D eigenvalue weighted by molar-refractivity contribution is 9.10. The molecule has 1 saturated heterocycles. The molecule has 1 aromatic carbocycles. The van der Waals surface area contributed by atoms with Crippen molar-refractivity contribution in [1.29, 1.82) is 0 Å². The SMILES string of the molecule is O=C(c1cc(Br)ccc1F)N1CCC(Cl)CC1. The van der Waals surface area contributed by atoms with Crippen molar-refractivity contribution in [1.82, 2.24) is 4.90 Å². The zero-order chi connectivity index (χ0) is 12.4. The van der Waals surface area contributed by atoms with Crippen LogP contribution in [0.4, 0.5) is 4.39 Å². The van der Waals surface area contributed by atoms with Crippen molar-refractivity contribution in [2.45, 2.75) is 18.2 Å². The van der Waals surface area contributed by atoms with Gasteiger partial charge in [0, 0.05) is 22.9 Å². The highest BCUT2D eigenvalue weighted by Crippen LogP contribution is 2.21. The molecule has 2 nitrogen and oxygen atoms in total. The van der Waals surface area contributed by atoms with Gasteiger partial charge in [-0.2, -0.15) is 0 Å². The minimum absolute atomic E-state index is 0.118. The average molecular weight is 321 g/mol. The molecule has 0 aromatic heterocycles. The molecule has 0 saturated carbocycles. The van der Waals surface area contributed by atoms with Gasteiger partial charge in [-0.05, 0) is 31.0 Å². The number of piperidine rings is 1. The second-order valence-electron chi connectivity index (χ2n) is 4.09. The number of carbonyl (C=O) groups excluding carboxylic acids is 1. The van der Waals surface area contributed by atoms with E-state index in [4.69, 9.17) is 11.6 Å². The van der Waals surface area contributed by atoms with E-state index in [1.54, 1.807) is 11.0 Å². The third-order valence-corrected chi connectivity index (χ3v) is 3.80. The highest BCUT2D eigenvalue weighted by Gasteiger charge is 2.24. The number of nitrogens with zero attached hydrogens (tertiary/aromatic N) is 1. The molecule has 92 valence electrons. The molecular weight excluding hydrogens is 308 g/mol. The van der Waals surface area contributed by atoms with Crippen LogP contribution in [0.2, 0.25) is 0 Å². The molecule has 0 unspecified atom stereocenters. The lowest BCUT2D eigenvalue weighted by Gasteiger charge is -2.29. The van der Waals surface area contributed by atoms with Gasteiger partial charge in [0.2, 0.25) is 0 Å². The molecule has 0 aliphatic carbocycles. The molecule has 0 radical (unpaired) electrons. The van der Waals surface area contributed by atoms with Crippen LogP contribution in [-0.4, -0.2) is 29.3 Å². The van der Waals surface area contributed by atoms with Crippen LogP contribution in [-0.2, 0) is 0 Å². The van der Waals surface area contributed by atoms with Crippen molar-refractivity contribution >= 4 is 33.4 Å². The largest absolute Gasteiger partial charge is 0.338 e. The van der Waals surface area contributed by atoms with Crippen LogP contribution in [0.15, 0.2) is 22.7 Å². The Hall–Kier alpha value is -0.610. The van der Waals surface area contributed by atoms with E-state index in [1.807, 2.05) is 0 Å². The second kappa shape index (κ2) is 5.36.